The molecule has 1 aromatic heterocycles. The molecule has 200 valence electrons. The molecule has 7 nitrogen and oxygen atoms in total. The Morgan fingerprint density at radius 3 is 2.69 bits per heavy atom. The van der Waals surface area contributed by atoms with Gasteiger partial charge in [0.05, 0.1) is 23.5 Å². The molecule has 7 rings (SSSR count). The van der Waals surface area contributed by atoms with E-state index in [0.29, 0.717) is 30.2 Å². The highest BCUT2D eigenvalue weighted by molar-refractivity contribution is 6.14. The largest absolute Gasteiger partial charge is 0.381 e. The summed E-state index contributed by atoms with van der Waals surface area (Å²) in [6, 6.07) is 12.3. The number of nitrogens with zero attached hydrogens (tertiary/aromatic N) is 2. The normalized spacial score (nSPS) is 23.6. The van der Waals surface area contributed by atoms with E-state index in [0.717, 1.165) is 47.4 Å². The minimum absolute atomic E-state index is 0.0159. The smallest absolute Gasteiger partial charge is 0.272 e. The van der Waals surface area contributed by atoms with Crippen LogP contribution in [0.4, 0.5) is 11.4 Å². The number of carbonyl (C=O) groups excluding carboxylic acids is 2. The molecule has 2 N–H and O–H groups in total. The van der Waals surface area contributed by atoms with Gasteiger partial charge in [-0.3, -0.25) is 9.59 Å². The van der Waals surface area contributed by atoms with Crippen LogP contribution in [0.25, 0.3) is 10.9 Å². The number of H-pyrrole nitrogens is 1. The molecule has 0 radical (unpaired) electrons. The first kappa shape index (κ1) is 24.2. The molecule has 0 bridgehead atoms. The van der Waals surface area contributed by atoms with Gasteiger partial charge in [0.2, 0.25) is 0 Å². The van der Waals surface area contributed by atoms with E-state index in [4.69, 9.17) is 4.74 Å². The highest BCUT2D eigenvalue weighted by atomic mass is 16.5. The lowest BCUT2D eigenvalue weighted by atomic mass is 9.89. The Kier molecular flexibility index (Phi) is 5.49. The number of rotatable bonds is 3. The summed E-state index contributed by atoms with van der Waals surface area (Å²) in [6.45, 7) is 12.2. The lowest BCUT2D eigenvalue weighted by Crippen LogP contribution is -2.38. The van der Waals surface area contributed by atoms with Gasteiger partial charge in [0, 0.05) is 47.0 Å². The Labute approximate surface area is 228 Å². The molecule has 0 saturated carbocycles. The van der Waals surface area contributed by atoms with Crippen molar-refractivity contribution in [3.63, 3.8) is 0 Å². The van der Waals surface area contributed by atoms with E-state index in [9.17, 15) is 9.59 Å². The number of para-hydroxylation sites is 1. The van der Waals surface area contributed by atoms with Gasteiger partial charge in [0.25, 0.3) is 11.8 Å². The van der Waals surface area contributed by atoms with Crippen LogP contribution in [-0.4, -0.2) is 34.9 Å². The molecule has 2 aromatic carbocycles. The van der Waals surface area contributed by atoms with Gasteiger partial charge in [-0.15, -0.1) is 0 Å². The summed E-state index contributed by atoms with van der Waals surface area (Å²) in [5, 5.41) is 4.31. The molecule has 7 heteroatoms. The number of benzene rings is 2. The summed E-state index contributed by atoms with van der Waals surface area (Å²) in [6.07, 6.45) is 4.52. The Balaban J connectivity index is 1.37. The predicted molar refractivity (Wildman–Crippen MR) is 152 cm³/mol. The molecule has 2 amide bonds. The molecule has 39 heavy (non-hydrogen) atoms. The van der Waals surface area contributed by atoms with E-state index < -0.39 is 0 Å². The maximum Gasteiger partial charge on any atom is 0.272 e. The van der Waals surface area contributed by atoms with Crippen molar-refractivity contribution in [1.82, 2.24) is 9.88 Å². The molecule has 2 unspecified atom stereocenters. The third-order valence-electron chi connectivity index (χ3n) is 8.84. The second-order valence-corrected chi connectivity index (χ2v) is 11.6. The molecule has 4 aliphatic rings. The molecule has 1 saturated heterocycles. The Morgan fingerprint density at radius 2 is 1.92 bits per heavy atom. The zero-order chi connectivity index (χ0) is 27.0. The SMILES string of the molecule is C=C(C1CCOCC1)N1/C(=C\C(C)C)C(=O)Nc2cc3c(cc21)C1Cc2c([nH]c4ccccc24)C(C)N1C3=O. The lowest BCUT2D eigenvalue weighted by molar-refractivity contribution is -0.113. The molecule has 2 atom stereocenters. The van der Waals surface area contributed by atoms with Gasteiger partial charge in [0.1, 0.15) is 5.70 Å². The minimum Gasteiger partial charge on any atom is -0.381 e. The average molecular weight is 523 g/mol. The number of fused-ring (bicyclic) bond motifs is 7. The van der Waals surface area contributed by atoms with Crippen LogP contribution >= 0.6 is 0 Å². The number of hydrogen-bond donors (Lipinski definition) is 2. The molecule has 5 heterocycles. The minimum atomic E-state index is -0.164. The van der Waals surface area contributed by atoms with Crippen LogP contribution in [-0.2, 0) is 16.0 Å². The Morgan fingerprint density at radius 1 is 1.15 bits per heavy atom. The molecule has 0 aliphatic carbocycles. The molecular formula is C32H34N4O3. The zero-order valence-corrected chi connectivity index (χ0v) is 22.7. The van der Waals surface area contributed by atoms with E-state index >= 15 is 0 Å². The van der Waals surface area contributed by atoms with E-state index in [1.807, 2.05) is 23.1 Å². The maximum absolute atomic E-state index is 13.8. The van der Waals surface area contributed by atoms with E-state index in [1.54, 1.807) is 0 Å². The van der Waals surface area contributed by atoms with Gasteiger partial charge < -0.3 is 24.8 Å². The number of hydrogen-bond acceptors (Lipinski definition) is 4. The fourth-order valence-corrected chi connectivity index (χ4v) is 6.97. The Hall–Kier alpha value is -3.84. The number of amides is 2. The van der Waals surface area contributed by atoms with Crippen LogP contribution in [0.15, 0.2) is 60.4 Å². The fourth-order valence-electron chi connectivity index (χ4n) is 6.97. The second-order valence-electron chi connectivity index (χ2n) is 11.6. The first-order valence-corrected chi connectivity index (χ1v) is 14.0. The van der Waals surface area contributed by atoms with Gasteiger partial charge in [-0.25, -0.2) is 0 Å². The monoisotopic (exact) mass is 522 g/mol. The van der Waals surface area contributed by atoms with Crippen molar-refractivity contribution in [2.75, 3.05) is 23.4 Å². The summed E-state index contributed by atoms with van der Waals surface area (Å²) < 4.78 is 5.61. The highest BCUT2D eigenvalue weighted by Crippen LogP contribution is 2.51. The van der Waals surface area contributed by atoms with Gasteiger partial charge in [-0.1, -0.05) is 44.7 Å². The number of allylic oxidation sites excluding steroid dienone is 2. The number of ether oxygens (including phenoxy) is 1. The number of carbonyl (C=O) groups is 2. The van der Waals surface area contributed by atoms with Crippen molar-refractivity contribution < 1.29 is 14.3 Å². The first-order chi connectivity index (χ1) is 18.8. The number of aromatic amines is 1. The van der Waals surface area contributed by atoms with Crippen LogP contribution in [0.2, 0.25) is 0 Å². The molecule has 3 aromatic rings. The predicted octanol–water partition coefficient (Wildman–Crippen LogP) is 6.22. The van der Waals surface area contributed by atoms with Crippen molar-refractivity contribution in [1.29, 1.82) is 0 Å². The van der Waals surface area contributed by atoms with Crippen LogP contribution in [0.5, 0.6) is 0 Å². The van der Waals surface area contributed by atoms with Gasteiger partial charge >= 0.3 is 0 Å². The summed E-state index contributed by atoms with van der Waals surface area (Å²) in [5.41, 5.74) is 8.28. The molecule has 4 aliphatic heterocycles. The lowest BCUT2D eigenvalue weighted by Gasteiger charge is -2.39. The van der Waals surface area contributed by atoms with Crippen molar-refractivity contribution in [2.24, 2.45) is 11.8 Å². The van der Waals surface area contributed by atoms with E-state index in [1.165, 1.54) is 10.9 Å². The maximum atomic E-state index is 13.8. The number of nitrogens with one attached hydrogen (secondary N) is 2. The average Bonchev–Trinajstić information content (AvgIpc) is 3.44. The standard InChI is InChI=1S/C32H34N4O3/c1-17(2)13-29-31(37)34-26-14-24-22(15-28(26)35(29)18(3)20-9-11-39-12-10-20)27-16-23-21-7-5-6-8-25(21)33-30(23)19(4)36(27)32(24)38/h5-8,13-15,17,19-20,27,33H,3,9-12,16H2,1-2,4H3,(H,34,37)/b29-13-. The summed E-state index contributed by atoms with van der Waals surface area (Å²) in [4.78, 5) is 34.9. The topological polar surface area (TPSA) is 77.7 Å². The van der Waals surface area contributed by atoms with Crippen LogP contribution in [0.1, 0.15) is 72.9 Å². The molecule has 1 fully saturated rings. The highest BCUT2D eigenvalue weighted by Gasteiger charge is 2.46. The summed E-state index contributed by atoms with van der Waals surface area (Å²) in [5.74, 6) is 0.260. The van der Waals surface area contributed by atoms with Crippen LogP contribution < -0.4 is 10.2 Å². The zero-order valence-electron chi connectivity index (χ0n) is 22.7. The van der Waals surface area contributed by atoms with Crippen molar-refractivity contribution in [3.05, 3.63) is 82.8 Å². The fraction of sp³-hybridized carbons (Fsp3) is 0.375. The van der Waals surface area contributed by atoms with E-state index in [-0.39, 0.29) is 35.7 Å². The summed E-state index contributed by atoms with van der Waals surface area (Å²) >= 11 is 0. The van der Waals surface area contributed by atoms with Crippen LogP contribution in [0.3, 0.4) is 0 Å². The second kappa shape index (κ2) is 8.85. The van der Waals surface area contributed by atoms with Crippen molar-refractivity contribution >= 4 is 34.1 Å². The van der Waals surface area contributed by atoms with Gasteiger partial charge in [-0.05, 0) is 61.4 Å². The number of anilines is 2. The van der Waals surface area contributed by atoms with Crippen molar-refractivity contribution in [2.45, 2.75) is 52.1 Å². The van der Waals surface area contributed by atoms with Crippen molar-refractivity contribution in [3.8, 4) is 0 Å². The van der Waals surface area contributed by atoms with Gasteiger partial charge in [-0.2, -0.15) is 0 Å². The molecule has 0 spiro atoms. The summed E-state index contributed by atoms with van der Waals surface area (Å²) in [7, 11) is 0. The quantitative estimate of drug-likeness (QED) is 0.400. The molecular weight excluding hydrogens is 488 g/mol. The van der Waals surface area contributed by atoms with E-state index in [2.05, 4.69) is 66.8 Å². The van der Waals surface area contributed by atoms with Crippen LogP contribution in [0, 0.1) is 11.8 Å². The first-order valence-electron chi connectivity index (χ1n) is 14.0. The Bertz CT molecular complexity index is 1580. The number of aromatic nitrogens is 1. The van der Waals surface area contributed by atoms with Gasteiger partial charge in [0.15, 0.2) is 0 Å². The third-order valence-corrected chi connectivity index (χ3v) is 8.84. The third kappa shape index (κ3) is 3.59.